The maximum atomic E-state index is 5.76. The SMILES string of the molecule is Nc1ccc2c(cnn2[C@@H]2CCCNC2)c1. The van der Waals surface area contributed by atoms with E-state index in [-0.39, 0.29) is 0 Å². The molecule has 1 aromatic heterocycles. The minimum Gasteiger partial charge on any atom is -0.399 e. The molecule has 1 aromatic carbocycles. The van der Waals surface area contributed by atoms with Gasteiger partial charge in [0.05, 0.1) is 17.8 Å². The lowest BCUT2D eigenvalue weighted by Gasteiger charge is -2.23. The van der Waals surface area contributed by atoms with Crippen LogP contribution in [0.1, 0.15) is 18.9 Å². The Morgan fingerprint density at radius 2 is 2.38 bits per heavy atom. The van der Waals surface area contributed by atoms with Crippen LogP contribution in [-0.2, 0) is 0 Å². The number of piperidine rings is 1. The largest absolute Gasteiger partial charge is 0.399 e. The zero-order valence-electron chi connectivity index (χ0n) is 9.19. The van der Waals surface area contributed by atoms with Crippen molar-refractivity contribution in [3.05, 3.63) is 24.4 Å². The quantitative estimate of drug-likeness (QED) is 0.711. The number of nitrogens with two attached hydrogens (primary N) is 1. The van der Waals surface area contributed by atoms with Gasteiger partial charge in [-0.25, -0.2) is 0 Å². The third-order valence-corrected chi connectivity index (χ3v) is 3.24. The number of fused-ring (bicyclic) bond motifs is 1. The van der Waals surface area contributed by atoms with E-state index in [1.54, 1.807) is 0 Å². The Balaban J connectivity index is 2.03. The lowest BCUT2D eigenvalue weighted by Crippen LogP contribution is -2.32. The molecule has 1 fully saturated rings. The van der Waals surface area contributed by atoms with E-state index in [9.17, 15) is 0 Å². The van der Waals surface area contributed by atoms with E-state index in [4.69, 9.17) is 5.73 Å². The summed E-state index contributed by atoms with van der Waals surface area (Å²) >= 11 is 0. The highest BCUT2D eigenvalue weighted by Gasteiger charge is 2.17. The molecule has 4 heteroatoms. The minimum absolute atomic E-state index is 0.481. The Hall–Kier alpha value is -1.55. The Bertz CT molecular complexity index is 497. The number of hydrogen-bond donors (Lipinski definition) is 2. The lowest BCUT2D eigenvalue weighted by atomic mass is 10.1. The van der Waals surface area contributed by atoms with Crippen molar-refractivity contribution in [2.75, 3.05) is 18.8 Å². The molecule has 1 saturated heterocycles. The van der Waals surface area contributed by atoms with E-state index in [2.05, 4.69) is 21.2 Å². The Morgan fingerprint density at radius 3 is 3.19 bits per heavy atom. The molecule has 0 spiro atoms. The maximum Gasteiger partial charge on any atom is 0.0687 e. The number of nitrogen functional groups attached to an aromatic ring is 1. The smallest absolute Gasteiger partial charge is 0.0687 e. The van der Waals surface area contributed by atoms with Crippen molar-refractivity contribution in [3.8, 4) is 0 Å². The molecule has 0 amide bonds. The van der Waals surface area contributed by atoms with Gasteiger partial charge in [-0.1, -0.05) is 0 Å². The van der Waals surface area contributed by atoms with Crippen molar-refractivity contribution in [3.63, 3.8) is 0 Å². The molecular weight excluding hydrogens is 200 g/mol. The average molecular weight is 216 g/mol. The van der Waals surface area contributed by atoms with Gasteiger partial charge in [0.25, 0.3) is 0 Å². The molecule has 2 aromatic rings. The van der Waals surface area contributed by atoms with Gasteiger partial charge in [-0.15, -0.1) is 0 Å². The Kier molecular flexibility index (Phi) is 2.29. The van der Waals surface area contributed by atoms with E-state index in [0.29, 0.717) is 6.04 Å². The summed E-state index contributed by atoms with van der Waals surface area (Å²) in [6.07, 6.45) is 4.33. The van der Waals surface area contributed by atoms with Crippen LogP contribution in [0.2, 0.25) is 0 Å². The molecular formula is C12H16N4. The average Bonchev–Trinajstić information content (AvgIpc) is 2.73. The number of aromatic nitrogens is 2. The van der Waals surface area contributed by atoms with Crippen LogP contribution in [-0.4, -0.2) is 22.9 Å². The molecule has 0 bridgehead atoms. The van der Waals surface area contributed by atoms with Crippen LogP contribution >= 0.6 is 0 Å². The molecule has 3 rings (SSSR count). The molecule has 0 radical (unpaired) electrons. The Labute approximate surface area is 94.4 Å². The van der Waals surface area contributed by atoms with Gasteiger partial charge in [-0.3, -0.25) is 4.68 Å². The van der Waals surface area contributed by atoms with Crippen molar-refractivity contribution in [2.24, 2.45) is 0 Å². The van der Waals surface area contributed by atoms with Crippen LogP contribution in [0.3, 0.4) is 0 Å². The molecule has 1 aliphatic rings. The van der Waals surface area contributed by atoms with Crippen molar-refractivity contribution < 1.29 is 0 Å². The number of hydrogen-bond acceptors (Lipinski definition) is 3. The zero-order valence-corrected chi connectivity index (χ0v) is 9.19. The predicted octanol–water partition coefficient (Wildman–Crippen LogP) is 1.54. The summed E-state index contributed by atoms with van der Waals surface area (Å²) in [5, 5.41) is 9.03. The van der Waals surface area contributed by atoms with Gasteiger partial charge >= 0.3 is 0 Å². The summed E-state index contributed by atoms with van der Waals surface area (Å²) < 4.78 is 2.13. The fourth-order valence-electron chi connectivity index (χ4n) is 2.40. The van der Waals surface area contributed by atoms with Crippen molar-refractivity contribution in [1.82, 2.24) is 15.1 Å². The van der Waals surface area contributed by atoms with Crippen LogP contribution in [0.5, 0.6) is 0 Å². The van der Waals surface area contributed by atoms with Crippen LogP contribution in [0.4, 0.5) is 5.69 Å². The number of rotatable bonds is 1. The number of nitrogens with zero attached hydrogens (tertiary/aromatic N) is 2. The first-order valence-electron chi connectivity index (χ1n) is 5.78. The summed E-state index contributed by atoms with van der Waals surface area (Å²) in [5.74, 6) is 0. The van der Waals surface area contributed by atoms with Gasteiger partial charge in [0, 0.05) is 17.6 Å². The van der Waals surface area contributed by atoms with Gasteiger partial charge in [0.2, 0.25) is 0 Å². The molecule has 0 unspecified atom stereocenters. The molecule has 1 atom stereocenters. The molecule has 4 nitrogen and oxygen atoms in total. The number of nitrogens with one attached hydrogen (secondary N) is 1. The molecule has 0 saturated carbocycles. The first kappa shape index (κ1) is 9.66. The zero-order chi connectivity index (χ0) is 11.0. The third-order valence-electron chi connectivity index (χ3n) is 3.24. The van der Waals surface area contributed by atoms with Crippen LogP contribution in [0.15, 0.2) is 24.4 Å². The number of anilines is 1. The first-order valence-corrected chi connectivity index (χ1v) is 5.78. The topological polar surface area (TPSA) is 55.9 Å². The van der Waals surface area contributed by atoms with E-state index >= 15 is 0 Å². The van der Waals surface area contributed by atoms with Gasteiger partial charge in [0.1, 0.15) is 0 Å². The fraction of sp³-hybridized carbons (Fsp3) is 0.417. The number of benzene rings is 1. The van der Waals surface area contributed by atoms with Crippen LogP contribution in [0, 0.1) is 0 Å². The van der Waals surface area contributed by atoms with Crippen LogP contribution in [0.25, 0.3) is 10.9 Å². The molecule has 84 valence electrons. The molecule has 16 heavy (non-hydrogen) atoms. The summed E-state index contributed by atoms with van der Waals surface area (Å²) in [7, 11) is 0. The van der Waals surface area contributed by atoms with E-state index < -0.39 is 0 Å². The summed E-state index contributed by atoms with van der Waals surface area (Å²) in [5.41, 5.74) is 7.75. The van der Waals surface area contributed by atoms with Gasteiger partial charge in [0.15, 0.2) is 0 Å². The van der Waals surface area contributed by atoms with E-state index in [1.807, 2.05) is 18.3 Å². The highest BCUT2D eigenvalue weighted by Crippen LogP contribution is 2.23. The molecule has 1 aliphatic heterocycles. The van der Waals surface area contributed by atoms with Crippen LogP contribution < -0.4 is 11.1 Å². The summed E-state index contributed by atoms with van der Waals surface area (Å²) in [4.78, 5) is 0. The second-order valence-corrected chi connectivity index (χ2v) is 4.41. The Morgan fingerprint density at radius 1 is 1.44 bits per heavy atom. The lowest BCUT2D eigenvalue weighted by molar-refractivity contribution is 0.355. The highest BCUT2D eigenvalue weighted by molar-refractivity contribution is 5.82. The second-order valence-electron chi connectivity index (χ2n) is 4.41. The highest BCUT2D eigenvalue weighted by atomic mass is 15.3. The minimum atomic E-state index is 0.481. The third kappa shape index (κ3) is 1.55. The predicted molar refractivity (Wildman–Crippen MR) is 65.3 cm³/mol. The van der Waals surface area contributed by atoms with E-state index in [1.165, 1.54) is 18.4 Å². The van der Waals surface area contributed by atoms with Gasteiger partial charge < -0.3 is 11.1 Å². The molecule has 2 heterocycles. The normalized spacial score (nSPS) is 21.4. The van der Waals surface area contributed by atoms with Crippen molar-refractivity contribution in [2.45, 2.75) is 18.9 Å². The molecule has 0 aliphatic carbocycles. The summed E-state index contributed by atoms with van der Waals surface area (Å²) in [6.45, 7) is 2.14. The fourth-order valence-corrected chi connectivity index (χ4v) is 2.40. The first-order chi connectivity index (χ1) is 7.84. The monoisotopic (exact) mass is 216 g/mol. The summed E-state index contributed by atoms with van der Waals surface area (Å²) in [6, 6.07) is 6.47. The molecule has 3 N–H and O–H groups in total. The maximum absolute atomic E-state index is 5.76. The standard InChI is InChI=1S/C12H16N4/c13-10-3-4-12-9(6-10)7-15-16(12)11-2-1-5-14-8-11/h3-4,6-7,11,14H,1-2,5,8,13H2/t11-/m1/s1. The van der Waals surface area contributed by atoms with Gasteiger partial charge in [-0.2, -0.15) is 5.10 Å². The van der Waals surface area contributed by atoms with Gasteiger partial charge in [-0.05, 0) is 37.6 Å². The van der Waals surface area contributed by atoms with Crippen molar-refractivity contribution >= 4 is 16.6 Å². The van der Waals surface area contributed by atoms with E-state index in [0.717, 1.165) is 24.2 Å². The van der Waals surface area contributed by atoms with Crippen molar-refractivity contribution in [1.29, 1.82) is 0 Å². The second kappa shape index (κ2) is 3.79.